The minimum Gasteiger partial charge on any atom is -1.00 e. The molecule has 1 aliphatic rings. The molecule has 1 rings (SSSR count). The number of rotatable bonds is 0. The van der Waals surface area contributed by atoms with Gasteiger partial charge in [-0.15, -0.1) is 0 Å². The van der Waals surface area contributed by atoms with Crippen molar-refractivity contribution in [2.45, 2.75) is 25.7 Å². The first-order chi connectivity index (χ1) is 3.89. The standard InChI is InChI=1S/C6H9NO.BrH.Mg/c8-6-4-2-1-3-5-7-6;;/h5H,1-4H2;1H;/q;;+2/p-1. The molecule has 0 radical (unpaired) electrons. The molecule has 4 heteroatoms. The van der Waals surface area contributed by atoms with E-state index in [-0.39, 0.29) is 45.9 Å². The molecular formula is C6H9BrMgNO+. The largest absolute Gasteiger partial charge is 2.00 e. The van der Waals surface area contributed by atoms with Crippen LogP contribution >= 0.6 is 0 Å². The summed E-state index contributed by atoms with van der Waals surface area (Å²) in [6.45, 7) is 0. The van der Waals surface area contributed by atoms with E-state index in [2.05, 4.69) is 4.99 Å². The van der Waals surface area contributed by atoms with E-state index in [4.69, 9.17) is 0 Å². The minimum absolute atomic E-state index is 0. The molecule has 0 aliphatic carbocycles. The maximum absolute atomic E-state index is 10.5. The number of aliphatic imine (C=N–C) groups is 1. The van der Waals surface area contributed by atoms with Crippen LogP contribution in [0.1, 0.15) is 25.7 Å². The Hall–Kier alpha value is 0.586. The van der Waals surface area contributed by atoms with Gasteiger partial charge in [0.1, 0.15) is 0 Å². The molecule has 0 aromatic carbocycles. The maximum atomic E-state index is 10.5. The van der Waals surface area contributed by atoms with E-state index in [1.54, 1.807) is 6.21 Å². The van der Waals surface area contributed by atoms with Crippen molar-refractivity contribution in [2.24, 2.45) is 4.99 Å². The Bertz CT molecular complexity index is 127. The van der Waals surface area contributed by atoms with Crippen molar-refractivity contribution < 1.29 is 21.8 Å². The van der Waals surface area contributed by atoms with Gasteiger partial charge >= 0.3 is 23.1 Å². The molecule has 10 heavy (non-hydrogen) atoms. The number of nitrogens with zero attached hydrogens (tertiary/aromatic N) is 1. The van der Waals surface area contributed by atoms with Gasteiger partial charge in [0.2, 0.25) is 5.91 Å². The fourth-order valence-electron chi connectivity index (χ4n) is 0.743. The predicted molar refractivity (Wildman–Crippen MR) is 37.7 cm³/mol. The van der Waals surface area contributed by atoms with Gasteiger partial charge in [-0.05, 0) is 19.3 Å². The summed E-state index contributed by atoms with van der Waals surface area (Å²) < 4.78 is 0. The van der Waals surface area contributed by atoms with Crippen LogP contribution in [-0.2, 0) is 4.79 Å². The molecule has 1 aliphatic heterocycles. The zero-order valence-electron chi connectivity index (χ0n) is 5.85. The van der Waals surface area contributed by atoms with Crippen LogP contribution in [0.2, 0.25) is 0 Å². The van der Waals surface area contributed by atoms with E-state index in [0.29, 0.717) is 6.42 Å². The molecule has 0 N–H and O–H groups in total. The van der Waals surface area contributed by atoms with Crippen LogP contribution in [0.15, 0.2) is 4.99 Å². The number of carbonyl (C=O) groups excluding carboxylic acids is 1. The second-order valence-corrected chi connectivity index (χ2v) is 1.95. The van der Waals surface area contributed by atoms with Crippen molar-refractivity contribution in [2.75, 3.05) is 0 Å². The first kappa shape index (κ1) is 13.2. The first-order valence-electron chi connectivity index (χ1n) is 2.95. The van der Waals surface area contributed by atoms with Gasteiger partial charge in [-0.2, -0.15) is 0 Å². The van der Waals surface area contributed by atoms with Gasteiger partial charge in [0.25, 0.3) is 0 Å². The summed E-state index contributed by atoms with van der Waals surface area (Å²) in [7, 11) is 0. The molecule has 0 saturated carbocycles. The van der Waals surface area contributed by atoms with Crippen LogP contribution in [0.3, 0.4) is 0 Å². The third kappa shape index (κ3) is 5.38. The number of amides is 1. The molecule has 0 saturated heterocycles. The van der Waals surface area contributed by atoms with Gasteiger partial charge in [-0.25, -0.2) is 4.99 Å². The Morgan fingerprint density at radius 1 is 1.40 bits per heavy atom. The summed E-state index contributed by atoms with van der Waals surface area (Å²) in [6.07, 6.45) is 5.48. The van der Waals surface area contributed by atoms with Crippen molar-refractivity contribution in [3.05, 3.63) is 0 Å². The van der Waals surface area contributed by atoms with E-state index in [1.807, 2.05) is 0 Å². The number of hydrogen-bond acceptors (Lipinski definition) is 1. The van der Waals surface area contributed by atoms with Crippen LogP contribution < -0.4 is 17.0 Å². The molecule has 0 aromatic rings. The Labute approximate surface area is 87.4 Å². The van der Waals surface area contributed by atoms with E-state index < -0.39 is 0 Å². The Balaban J connectivity index is 0. The molecule has 0 unspecified atom stereocenters. The zero-order chi connectivity index (χ0) is 5.82. The SMILES string of the molecule is O=C1CCCCC=N1.[Br-].[Mg+2]. The van der Waals surface area contributed by atoms with Crippen LogP contribution in [0.25, 0.3) is 0 Å². The summed E-state index contributed by atoms with van der Waals surface area (Å²) in [4.78, 5) is 14.1. The van der Waals surface area contributed by atoms with Crippen molar-refractivity contribution in [1.29, 1.82) is 0 Å². The van der Waals surface area contributed by atoms with Crippen molar-refractivity contribution in [1.82, 2.24) is 0 Å². The van der Waals surface area contributed by atoms with Gasteiger partial charge in [-0.3, -0.25) is 4.79 Å². The average Bonchev–Trinajstić information content (AvgIpc) is 1.94. The van der Waals surface area contributed by atoms with Gasteiger partial charge in [-0.1, -0.05) is 0 Å². The predicted octanol–water partition coefficient (Wildman–Crippen LogP) is -2.22. The number of carbonyl (C=O) groups is 1. The van der Waals surface area contributed by atoms with Gasteiger partial charge in [0.15, 0.2) is 0 Å². The normalized spacial score (nSPS) is 16.6. The number of hydrogen-bond donors (Lipinski definition) is 0. The van der Waals surface area contributed by atoms with Gasteiger partial charge < -0.3 is 17.0 Å². The second-order valence-electron chi connectivity index (χ2n) is 1.95. The molecule has 0 atom stereocenters. The Kier molecular flexibility index (Phi) is 10.1. The molecule has 2 nitrogen and oxygen atoms in total. The zero-order valence-corrected chi connectivity index (χ0v) is 8.85. The fourth-order valence-corrected chi connectivity index (χ4v) is 0.743. The van der Waals surface area contributed by atoms with Crippen LogP contribution in [0, 0.1) is 0 Å². The van der Waals surface area contributed by atoms with E-state index >= 15 is 0 Å². The maximum Gasteiger partial charge on any atom is 2.00 e. The van der Waals surface area contributed by atoms with E-state index in [1.165, 1.54) is 0 Å². The van der Waals surface area contributed by atoms with Crippen molar-refractivity contribution >= 4 is 35.2 Å². The Morgan fingerprint density at radius 3 is 2.80 bits per heavy atom. The number of halogens is 1. The summed E-state index contributed by atoms with van der Waals surface area (Å²) in [5.74, 6) is 0.0440. The molecule has 0 spiro atoms. The van der Waals surface area contributed by atoms with Gasteiger partial charge in [0.05, 0.1) is 0 Å². The van der Waals surface area contributed by atoms with E-state index in [0.717, 1.165) is 19.3 Å². The van der Waals surface area contributed by atoms with Crippen molar-refractivity contribution in [3.63, 3.8) is 0 Å². The molecule has 1 heterocycles. The van der Waals surface area contributed by atoms with Gasteiger partial charge in [0, 0.05) is 12.6 Å². The molecule has 0 fully saturated rings. The Morgan fingerprint density at radius 2 is 2.10 bits per heavy atom. The van der Waals surface area contributed by atoms with Crippen LogP contribution in [-0.4, -0.2) is 35.2 Å². The summed E-state index contributed by atoms with van der Waals surface area (Å²) in [5.41, 5.74) is 0. The summed E-state index contributed by atoms with van der Waals surface area (Å²) in [5, 5.41) is 0. The minimum atomic E-state index is 0. The third-order valence-electron chi connectivity index (χ3n) is 1.21. The molecule has 1 amide bonds. The van der Waals surface area contributed by atoms with E-state index in [9.17, 15) is 4.79 Å². The third-order valence-corrected chi connectivity index (χ3v) is 1.21. The molecular weight excluding hydrogens is 206 g/mol. The fraction of sp³-hybridized carbons (Fsp3) is 0.667. The van der Waals surface area contributed by atoms with Crippen LogP contribution in [0.4, 0.5) is 0 Å². The molecule has 0 aromatic heterocycles. The van der Waals surface area contributed by atoms with Crippen LogP contribution in [0.5, 0.6) is 0 Å². The van der Waals surface area contributed by atoms with Crippen molar-refractivity contribution in [3.8, 4) is 0 Å². The average molecular weight is 215 g/mol. The smallest absolute Gasteiger partial charge is 1.00 e. The summed E-state index contributed by atoms with van der Waals surface area (Å²) >= 11 is 0. The summed E-state index contributed by atoms with van der Waals surface area (Å²) in [6, 6.07) is 0. The first-order valence-corrected chi connectivity index (χ1v) is 2.95. The second kappa shape index (κ2) is 7.69. The quantitative estimate of drug-likeness (QED) is 0.421. The molecule has 52 valence electrons. The topological polar surface area (TPSA) is 29.4 Å². The molecule has 0 bridgehead atoms. The monoisotopic (exact) mass is 214 g/mol.